The van der Waals surface area contributed by atoms with E-state index in [9.17, 15) is 9.59 Å². The minimum absolute atomic E-state index is 0.0149. The second-order valence-electron chi connectivity index (χ2n) is 5.61. The van der Waals surface area contributed by atoms with Crippen molar-refractivity contribution in [1.82, 2.24) is 10.2 Å². The molecular weight excluding hydrogens is 320 g/mol. The molecular formula is C16H19ClN2O4. The lowest BCUT2D eigenvalue weighted by molar-refractivity contribution is -0.130. The zero-order valence-corrected chi connectivity index (χ0v) is 13.5. The van der Waals surface area contributed by atoms with Crippen LogP contribution in [-0.4, -0.2) is 49.6 Å². The number of hydrogen-bond acceptors (Lipinski definition) is 4. The van der Waals surface area contributed by atoms with Crippen molar-refractivity contribution < 1.29 is 19.1 Å². The average Bonchev–Trinajstić information content (AvgIpc) is 2.87. The van der Waals surface area contributed by atoms with Gasteiger partial charge in [0.25, 0.3) is 0 Å². The number of fused-ring (bicyclic) bond motifs is 1. The molecule has 0 atom stereocenters. The van der Waals surface area contributed by atoms with E-state index < -0.39 is 0 Å². The zero-order chi connectivity index (χ0) is 16.2. The van der Waals surface area contributed by atoms with Crippen LogP contribution in [0, 0.1) is 0 Å². The van der Waals surface area contributed by atoms with E-state index in [4.69, 9.17) is 21.1 Å². The first-order chi connectivity index (χ1) is 11.1. The molecule has 0 radical (unpaired) electrons. The predicted molar refractivity (Wildman–Crippen MR) is 85.0 cm³/mol. The van der Waals surface area contributed by atoms with Gasteiger partial charge in [0.15, 0.2) is 11.5 Å². The molecule has 6 nitrogen and oxygen atoms in total. The first-order valence-electron chi connectivity index (χ1n) is 7.76. The Morgan fingerprint density at radius 3 is 2.96 bits per heavy atom. The first kappa shape index (κ1) is 15.9. The Kier molecular flexibility index (Phi) is 4.91. The summed E-state index contributed by atoms with van der Waals surface area (Å²) in [5.74, 6) is 1.10. The summed E-state index contributed by atoms with van der Waals surface area (Å²) in [7, 11) is 0. The SMILES string of the molecule is O=C1CCN(C(=O)Cc2cc(Cl)c3c(c2)OCCCO3)CCN1. The molecule has 1 N–H and O–H groups in total. The van der Waals surface area contributed by atoms with Crippen LogP contribution in [0.3, 0.4) is 0 Å². The molecule has 2 aliphatic rings. The summed E-state index contributed by atoms with van der Waals surface area (Å²) in [5, 5.41) is 3.22. The molecule has 3 rings (SSSR count). The van der Waals surface area contributed by atoms with Crippen LogP contribution in [0.2, 0.25) is 5.02 Å². The van der Waals surface area contributed by atoms with Gasteiger partial charge in [-0.1, -0.05) is 11.6 Å². The summed E-state index contributed by atoms with van der Waals surface area (Å²) >= 11 is 6.25. The highest BCUT2D eigenvalue weighted by molar-refractivity contribution is 6.32. The maximum atomic E-state index is 12.4. The monoisotopic (exact) mass is 338 g/mol. The number of carbonyl (C=O) groups is 2. The zero-order valence-electron chi connectivity index (χ0n) is 12.8. The maximum absolute atomic E-state index is 12.4. The highest BCUT2D eigenvalue weighted by atomic mass is 35.5. The molecule has 0 unspecified atom stereocenters. The van der Waals surface area contributed by atoms with Crippen LogP contribution in [0.1, 0.15) is 18.4 Å². The van der Waals surface area contributed by atoms with E-state index in [2.05, 4.69) is 5.32 Å². The molecule has 2 aliphatic heterocycles. The van der Waals surface area contributed by atoms with Crippen LogP contribution >= 0.6 is 11.6 Å². The maximum Gasteiger partial charge on any atom is 0.227 e. The van der Waals surface area contributed by atoms with Gasteiger partial charge in [-0.2, -0.15) is 0 Å². The number of carbonyl (C=O) groups excluding carboxylic acids is 2. The second kappa shape index (κ2) is 7.08. The summed E-state index contributed by atoms with van der Waals surface area (Å²) in [4.78, 5) is 25.5. The third-order valence-corrected chi connectivity index (χ3v) is 4.16. The normalized spacial score (nSPS) is 18.0. The molecule has 0 bridgehead atoms. The molecule has 1 saturated heterocycles. The fraction of sp³-hybridized carbons (Fsp3) is 0.500. The van der Waals surface area contributed by atoms with Crippen LogP contribution < -0.4 is 14.8 Å². The average molecular weight is 339 g/mol. The predicted octanol–water partition coefficient (Wildman–Crippen LogP) is 1.39. The Morgan fingerprint density at radius 2 is 2.09 bits per heavy atom. The standard InChI is InChI=1S/C16H19ClN2O4/c17-12-8-11(9-13-16(12)23-7-1-6-22-13)10-15(21)19-4-2-14(20)18-3-5-19/h8-9H,1-7,10H2,(H,18,20). The lowest BCUT2D eigenvalue weighted by Crippen LogP contribution is -2.35. The molecule has 2 amide bonds. The van der Waals surface area contributed by atoms with E-state index in [-0.39, 0.29) is 18.2 Å². The van der Waals surface area contributed by atoms with Gasteiger partial charge in [-0.25, -0.2) is 0 Å². The van der Waals surface area contributed by atoms with E-state index in [0.717, 1.165) is 12.0 Å². The van der Waals surface area contributed by atoms with Crippen molar-refractivity contribution >= 4 is 23.4 Å². The molecule has 0 aromatic heterocycles. The van der Waals surface area contributed by atoms with Crippen molar-refractivity contribution in [3.63, 3.8) is 0 Å². The van der Waals surface area contributed by atoms with Crippen LogP contribution in [0.25, 0.3) is 0 Å². The molecule has 2 heterocycles. The van der Waals surface area contributed by atoms with Gasteiger partial charge in [0.1, 0.15) is 0 Å². The van der Waals surface area contributed by atoms with E-state index in [1.54, 1.807) is 11.0 Å². The minimum atomic E-state index is -0.0212. The number of halogens is 1. The lowest BCUT2D eigenvalue weighted by atomic mass is 10.1. The van der Waals surface area contributed by atoms with Crippen LogP contribution in [0.15, 0.2) is 12.1 Å². The fourth-order valence-electron chi connectivity index (χ4n) is 2.69. The van der Waals surface area contributed by atoms with E-state index >= 15 is 0 Å². The van der Waals surface area contributed by atoms with Crippen LogP contribution in [0.4, 0.5) is 0 Å². The van der Waals surface area contributed by atoms with Crippen molar-refractivity contribution in [1.29, 1.82) is 0 Å². The first-order valence-corrected chi connectivity index (χ1v) is 8.14. The number of benzene rings is 1. The Labute approximate surface area is 139 Å². The van der Waals surface area contributed by atoms with Crippen molar-refractivity contribution in [2.24, 2.45) is 0 Å². The van der Waals surface area contributed by atoms with Gasteiger partial charge in [0, 0.05) is 32.5 Å². The second-order valence-corrected chi connectivity index (χ2v) is 6.02. The lowest BCUT2D eigenvalue weighted by Gasteiger charge is -2.20. The topological polar surface area (TPSA) is 67.9 Å². The highest BCUT2D eigenvalue weighted by Gasteiger charge is 2.21. The van der Waals surface area contributed by atoms with E-state index in [0.29, 0.717) is 55.8 Å². The Hall–Kier alpha value is -1.95. The molecule has 23 heavy (non-hydrogen) atoms. The smallest absolute Gasteiger partial charge is 0.227 e. The Balaban J connectivity index is 1.72. The quantitative estimate of drug-likeness (QED) is 0.885. The summed E-state index contributed by atoms with van der Waals surface area (Å²) in [6.45, 7) is 2.61. The van der Waals surface area contributed by atoms with Gasteiger partial charge in [-0.15, -0.1) is 0 Å². The van der Waals surface area contributed by atoms with Gasteiger partial charge < -0.3 is 19.7 Å². The number of rotatable bonds is 2. The molecule has 0 saturated carbocycles. The summed E-state index contributed by atoms with van der Waals surface area (Å²) < 4.78 is 11.2. The van der Waals surface area contributed by atoms with Crippen molar-refractivity contribution in [2.75, 3.05) is 32.8 Å². The van der Waals surface area contributed by atoms with Gasteiger partial charge in [0.2, 0.25) is 11.8 Å². The molecule has 1 fully saturated rings. The molecule has 0 aliphatic carbocycles. The van der Waals surface area contributed by atoms with Crippen molar-refractivity contribution in [3.8, 4) is 11.5 Å². The van der Waals surface area contributed by atoms with E-state index in [1.807, 2.05) is 6.07 Å². The van der Waals surface area contributed by atoms with Gasteiger partial charge >= 0.3 is 0 Å². The highest BCUT2D eigenvalue weighted by Crippen LogP contribution is 2.38. The molecule has 1 aromatic rings. The third-order valence-electron chi connectivity index (χ3n) is 3.88. The summed E-state index contributed by atoms with van der Waals surface area (Å²) in [5.41, 5.74) is 0.785. The van der Waals surface area contributed by atoms with Gasteiger partial charge in [-0.05, 0) is 17.7 Å². The minimum Gasteiger partial charge on any atom is -0.489 e. The fourth-order valence-corrected chi connectivity index (χ4v) is 2.98. The number of hydrogen-bond donors (Lipinski definition) is 1. The van der Waals surface area contributed by atoms with Crippen molar-refractivity contribution in [3.05, 3.63) is 22.7 Å². The number of ether oxygens (including phenoxy) is 2. The summed E-state index contributed by atoms with van der Waals surface area (Å²) in [6.07, 6.45) is 1.37. The van der Waals surface area contributed by atoms with E-state index in [1.165, 1.54) is 0 Å². The molecule has 0 spiro atoms. The third kappa shape index (κ3) is 3.88. The van der Waals surface area contributed by atoms with Crippen molar-refractivity contribution in [2.45, 2.75) is 19.3 Å². The number of amides is 2. The number of nitrogens with one attached hydrogen (secondary N) is 1. The van der Waals surface area contributed by atoms with Gasteiger partial charge in [0.05, 0.1) is 24.7 Å². The Bertz CT molecular complexity index is 620. The molecule has 7 heteroatoms. The summed E-state index contributed by atoms with van der Waals surface area (Å²) in [6, 6.07) is 3.56. The van der Waals surface area contributed by atoms with Crippen LogP contribution in [-0.2, 0) is 16.0 Å². The Morgan fingerprint density at radius 1 is 1.26 bits per heavy atom. The largest absolute Gasteiger partial charge is 0.489 e. The number of nitrogens with zero attached hydrogens (tertiary/aromatic N) is 1. The van der Waals surface area contributed by atoms with Gasteiger partial charge in [-0.3, -0.25) is 9.59 Å². The van der Waals surface area contributed by atoms with Crippen LogP contribution in [0.5, 0.6) is 11.5 Å². The molecule has 1 aromatic carbocycles. The molecule has 124 valence electrons.